The molecule has 2 unspecified atom stereocenters. The number of hydrogen-bond acceptors (Lipinski definition) is 5. The average Bonchev–Trinajstić information content (AvgIpc) is 2.41. The zero-order chi connectivity index (χ0) is 15.2. The largest absolute Gasteiger partial charge is 0.494 e. The molecule has 0 bridgehead atoms. The standard InChI is InChI=1S/C16H24N2O2S/c1-5-19-13-7-8-15(20-6-2)14(10-13)18-16-17-11(3)9-12(4)21-16/h7-8,10-12H,5-6,9H2,1-4H3,(H,17,18). The monoisotopic (exact) mass is 308 g/mol. The number of benzene rings is 1. The van der Waals surface area contributed by atoms with Crippen molar-refractivity contribution in [2.75, 3.05) is 18.5 Å². The van der Waals surface area contributed by atoms with Gasteiger partial charge in [-0.1, -0.05) is 18.7 Å². The first-order valence-electron chi connectivity index (χ1n) is 7.53. The summed E-state index contributed by atoms with van der Waals surface area (Å²) in [5.74, 6) is 1.67. The van der Waals surface area contributed by atoms with E-state index in [4.69, 9.17) is 9.47 Å². The molecule has 1 aliphatic rings. The van der Waals surface area contributed by atoms with Gasteiger partial charge in [-0.25, -0.2) is 0 Å². The van der Waals surface area contributed by atoms with Gasteiger partial charge in [0.05, 0.1) is 24.9 Å². The van der Waals surface area contributed by atoms with Crippen molar-refractivity contribution in [3.05, 3.63) is 18.2 Å². The van der Waals surface area contributed by atoms with Gasteiger partial charge in [-0.05, 0) is 39.3 Å². The fourth-order valence-electron chi connectivity index (χ4n) is 2.32. The van der Waals surface area contributed by atoms with E-state index in [0.717, 1.165) is 28.8 Å². The lowest BCUT2D eigenvalue weighted by Crippen LogP contribution is -2.23. The maximum atomic E-state index is 5.68. The second-order valence-electron chi connectivity index (χ2n) is 5.10. The van der Waals surface area contributed by atoms with E-state index < -0.39 is 0 Å². The first-order valence-corrected chi connectivity index (χ1v) is 8.41. The molecule has 0 aromatic heterocycles. The summed E-state index contributed by atoms with van der Waals surface area (Å²) in [6, 6.07) is 6.20. The Balaban J connectivity index is 2.21. The number of nitrogens with one attached hydrogen (secondary N) is 1. The third-order valence-corrected chi connectivity index (χ3v) is 4.15. The number of thioether (sulfide) groups is 1. The van der Waals surface area contributed by atoms with Gasteiger partial charge in [-0.2, -0.15) is 0 Å². The maximum Gasteiger partial charge on any atom is 0.161 e. The van der Waals surface area contributed by atoms with Gasteiger partial charge in [-0.15, -0.1) is 0 Å². The van der Waals surface area contributed by atoms with Crippen LogP contribution in [-0.4, -0.2) is 29.7 Å². The molecule has 1 aromatic carbocycles. The van der Waals surface area contributed by atoms with E-state index in [9.17, 15) is 0 Å². The van der Waals surface area contributed by atoms with Crippen LogP contribution in [0.1, 0.15) is 34.1 Å². The summed E-state index contributed by atoms with van der Waals surface area (Å²) in [5, 5.41) is 4.93. The lowest BCUT2D eigenvalue weighted by Gasteiger charge is -2.24. The Morgan fingerprint density at radius 3 is 2.67 bits per heavy atom. The smallest absolute Gasteiger partial charge is 0.161 e. The SMILES string of the molecule is CCOc1ccc(OCC)c(NC2=NC(C)CC(C)S2)c1. The van der Waals surface area contributed by atoms with Crippen LogP contribution in [0, 0.1) is 0 Å². The number of hydrogen-bond donors (Lipinski definition) is 1. The fourth-order valence-corrected chi connectivity index (χ4v) is 3.49. The average molecular weight is 308 g/mol. The Morgan fingerprint density at radius 2 is 2.00 bits per heavy atom. The minimum Gasteiger partial charge on any atom is -0.494 e. The van der Waals surface area contributed by atoms with Crippen molar-refractivity contribution in [1.29, 1.82) is 0 Å². The van der Waals surface area contributed by atoms with Crippen molar-refractivity contribution in [3.8, 4) is 11.5 Å². The summed E-state index contributed by atoms with van der Waals surface area (Å²) in [7, 11) is 0. The number of rotatable bonds is 5. The van der Waals surface area contributed by atoms with Crippen molar-refractivity contribution < 1.29 is 9.47 Å². The Labute approximate surface area is 131 Å². The van der Waals surface area contributed by atoms with Crippen molar-refractivity contribution in [2.24, 2.45) is 4.99 Å². The summed E-state index contributed by atoms with van der Waals surface area (Å²) >= 11 is 1.77. The zero-order valence-corrected chi connectivity index (χ0v) is 14.0. The molecule has 5 heteroatoms. The molecule has 0 spiro atoms. The topological polar surface area (TPSA) is 42.9 Å². The molecular formula is C16H24N2O2S. The molecule has 0 radical (unpaired) electrons. The molecule has 2 rings (SSSR count). The van der Waals surface area contributed by atoms with E-state index in [2.05, 4.69) is 24.2 Å². The normalized spacial score (nSPS) is 21.6. The van der Waals surface area contributed by atoms with Crippen molar-refractivity contribution in [2.45, 2.75) is 45.4 Å². The molecule has 4 nitrogen and oxygen atoms in total. The molecule has 0 amide bonds. The highest BCUT2D eigenvalue weighted by Crippen LogP contribution is 2.32. The Morgan fingerprint density at radius 1 is 1.24 bits per heavy atom. The van der Waals surface area contributed by atoms with E-state index in [1.54, 1.807) is 11.8 Å². The summed E-state index contributed by atoms with van der Waals surface area (Å²) in [6.07, 6.45) is 1.12. The Kier molecular flexibility index (Phi) is 5.79. The number of amidine groups is 1. The molecule has 2 atom stereocenters. The lowest BCUT2D eigenvalue weighted by molar-refractivity contribution is 0.332. The van der Waals surface area contributed by atoms with E-state index in [0.29, 0.717) is 24.5 Å². The highest BCUT2D eigenvalue weighted by Gasteiger charge is 2.19. The molecule has 116 valence electrons. The summed E-state index contributed by atoms with van der Waals surface area (Å²) in [5.41, 5.74) is 0.912. The van der Waals surface area contributed by atoms with Crippen LogP contribution in [0.15, 0.2) is 23.2 Å². The molecular weight excluding hydrogens is 284 g/mol. The first kappa shape index (κ1) is 16.0. The van der Waals surface area contributed by atoms with Gasteiger partial charge in [-0.3, -0.25) is 4.99 Å². The number of aliphatic imine (C=N–C) groups is 1. The minimum absolute atomic E-state index is 0.356. The molecule has 1 aromatic rings. The second-order valence-corrected chi connectivity index (χ2v) is 6.52. The van der Waals surface area contributed by atoms with Crippen molar-refractivity contribution in [1.82, 2.24) is 0 Å². The van der Waals surface area contributed by atoms with Crippen LogP contribution in [0.2, 0.25) is 0 Å². The van der Waals surface area contributed by atoms with Gasteiger partial charge in [0.2, 0.25) is 0 Å². The van der Waals surface area contributed by atoms with Crippen LogP contribution in [0.4, 0.5) is 5.69 Å². The molecule has 0 saturated heterocycles. The van der Waals surface area contributed by atoms with Crippen molar-refractivity contribution in [3.63, 3.8) is 0 Å². The van der Waals surface area contributed by atoms with Gasteiger partial charge < -0.3 is 14.8 Å². The van der Waals surface area contributed by atoms with Crippen LogP contribution >= 0.6 is 11.8 Å². The first-order chi connectivity index (χ1) is 10.1. The fraction of sp³-hybridized carbons (Fsp3) is 0.562. The van der Waals surface area contributed by atoms with Gasteiger partial charge in [0.1, 0.15) is 11.5 Å². The summed E-state index contributed by atoms with van der Waals surface area (Å²) in [4.78, 5) is 4.68. The molecule has 21 heavy (non-hydrogen) atoms. The highest BCUT2D eigenvalue weighted by molar-refractivity contribution is 8.14. The maximum absolute atomic E-state index is 5.68. The lowest BCUT2D eigenvalue weighted by atomic mass is 10.2. The number of anilines is 1. The predicted molar refractivity (Wildman–Crippen MR) is 91.0 cm³/mol. The molecule has 1 aliphatic heterocycles. The molecule has 0 aliphatic carbocycles. The molecule has 0 fully saturated rings. The quantitative estimate of drug-likeness (QED) is 0.886. The number of nitrogens with zero attached hydrogens (tertiary/aromatic N) is 1. The van der Waals surface area contributed by atoms with Crippen LogP contribution in [0.3, 0.4) is 0 Å². The predicted octanol–water partition coefficient (Wildman–Crippen LogP) is 4.17. The Hall–Kier alpha value is -1.36. The molecule has 0 saturated carbocycles. The molecule has 1 heterocycles. The molecule has 1 N–H and O–H groups in total. The van der Waals surface area contributed by atoms with Gasteiger partial charge in [0.25, 0.3) is 0 Å². The third kappa shape index (κ3) is 4.56. The van der Waals surface area contributed by atoms with Gasteiger partial charge in [0, 0.05) is 11.3 Å². The third-order valence-electron chi connectivity index (χ3n) is 3.13. The van der Waals surface area contributed by atoms with Gasteiger partial charge in [0.15, 0.2) is 5.17 Å². The van der Waals surface area contributed by atoms with Crippen LogP contribution < -0.4 is 14.8 Å². The van der Waals surface area contributed by atoms with Crippen LogP contribution in [0.25, 0.3) is 0 Å². The van der Waals surface area contributed by atoms with Crippen LogP contribution in [0.5, 0.6) is 11.5 Å². The minimum atomic E-state index is 0.356. The zero-order valence-electron chi connectivity index (χ0n) is 13.2. The van der Waals surface area contributed by atoms with E-state index in [1.165, 1.54) is 0 Å². The summed E-state index contributed by atoms with van der Waals surface area (Å²) < 4.78 is 11.3. The number of ether oxygens (including phenoxy) is 2. The second kappa shape index (κ2) is 7.59. The van der Waals surface area contributed by atoms with Crippen molar-refractivity contribution >= 4 is 22.6 Å². The van der Waals surface area contributed by atoms with Crippen LogP contribution in [-0.2, 0) is 0 Å². The van der Waals surface area contributed by atoms with Gasteiger partial charge >= 0.3 is 0 Å². The Bertz CT molecular complexity index is 505. The van der Waals surface area contributed by atoms with E-state index >= 15 is 0 Å². The van der Waals surface area contributed by atoms with E-state index in [-0.39, 0.29) is 0 Å². The highest BCUT2D eigenvalue weighted by atomic mass is 32.2. The summed E-state index contributed by atoms with van der Waals surface area (Å²) in [6.45, 7) is 9.63. The van der Waals surface area contributed by atoms with E-state index in [1.807, 2.05) is 32.0 Å².